The van der Waals surface area contributed by atoms with E-state index in [0.717, 1.165) is 46.5 Å². The first-order chi connectivity index (χ1) is 24.4. The van der Waals surface area contributed by atoms with Crippen LogP contribution in [-0.4, -0.2) is 119 Å². The molecule has 0 aromatic heterocycles. The molecule has 0 aliphatic carbocycles. The highest BCUT2D eigenvalue weighted by atomic mass is 16.8. The lowest BCUT2D eigenvalue weighted by Gasteiger charge is -2.46. The fourth-order valence-electron chi connectivity index (χ4n) is 6.26. The van der Waals surface area contributed by atoms with E-state index in [1.165, 1.54) is 64.2 Å². The van der Waals surface area contributed by atoms with Gasteiger partial charge >= 0.3 is 23.9 Å². The van der Waals surface area contributed by atoms with Crippen LogP contribution in [0.25, 0.3) is 0 Å². The molecular formula is C36H62O15. The minimum atomic E-state index is -1.77. The van der Waals surface area contributed by atoms with Crippen molar-refractivity contribution in [3.05, 3.63) is 0 Å². The van der Waals surface area contributed by atoms with Crippen LogP contribution in [0.1, 0.15) is 130 Å². The summed E-state index contributed by atoms with van der Waals surface area (Å²) < 4.78 is 38.5. The minimum absolute atomic E-state index is 0.00866. The van der Waals surface area contributed by atoms with Crippen molar-refractivity contribution < 1.29 is 72.8 Å². The number of hydrogen-bond donors (Lipinski definition) is 4. The monoisotopic (exact) mass is 734 g/mol. The Bertz CT molecular complexity index is 1020. The smallest absolute Gasteiger partial charge is 0.306 e. The van der Waals surface area contributed by atoms with Crippen LogP contribution in [-0.2, 0) is 52.3 Å². The molecule has 2 rings (SSSR count). The molecule has 51 heavy (non-hydrogen) atoms. The summed E-state index contributed by atoms with van der Waals surface area (Å²) in [6, 6.07) is 0. The molecule has 0 bridgehead atoms. The third-order valence-corrected chi connectivity index (χ3v) is 9.02. The molecule has 2 aliphatic heterocycles. The van der Waals surface area contributed by atoms with Gasteiger partial charge in [-0.05, 0) is 6.42 Å². The average molecular weight is 735 g/mol. The Morgan fingerprint density at radius 2 is 1.02 bits per heavy atom. The van der Waals surface area contributed by atoms with E-state index in [1.54, 1.807) is 0 Å². The lowest BCUT2D eigenvalue weighted by molar-refractivity contribution is -0.377. The Hall–Kier alpha value is -2.40. The Labute approximate surface area is 301 Å². The maximum atomic E-state index is 13.1. The predicted octanol–water partition coefficient (Wildman–Crippen LogP) is 3.13. The van der Waals surface area contributed by atoms with Crippen LogP contribution in [0.4, 0.5) is 0 Å². The number of esters is 4. The predicted molar refractivity (Wildman–Crippen MR) is 181 cm³/mol. The number of aliphatic hydroxyl groups is 4. The van der Waals surface area contributed by atoms with Crippen LogP contribution < -0.4 is 0 Å². The second-order valence-electron chi connectivity index (χ2n) is 13.5. The quantitative estimate of drug-likeness (QED) is 0.0637. The van der Waals surface area contributed by atoms with Gasteiger partial charge in [0.1, 0.15) is 37.1 Å². The maximum absolute atomic E-state index is 13.1. The first-order valence-corrected chi connectivity index (χ1v) is 18.7. The van der Waals surface area contributed by atoms with Gasteiger partial charge in [-0.1, -0.05) is 96.8 Å². The second-order valence-corrected chi connectivity index (χ2v) is 13.5. The SMILES string of the molecule is CCCCCCCCCCCCCCCCCC(=O)OC1C(OC2OC(CO)C(O)C(O)C2OC(C)=O)OC(COC(C)=O)C(O)C1OC(C)=O. The zero-order chi connectivity index (χ0) is 37.8. The summed E-state index contributed by atoms with van der Waals surface area (Å²) in [5.74, 6) is -3.08. The Morgan fingerprint density at radius 1 is 0.549 bits per heavy atom. The molecule has 2 saturated heterocycles. The van der Waals surface area contributed by atoms with Crippen LogP contribution in [0.5, 0.6) is 0 Å². The van der Waals surface area contributed by atoms with Crippen molar-refractivity contribution in [2.75, 3.05) is 13.2 Å². The number of unbranched alkanes of at least 4 members (excludes halogenated alkanes) is 14. The van der Waals surface area contributed by atoms with Gasteiger partial charge in [-0.25, -0.2) is 0 Å². The van der Waals surface area contributed by atoms with Crippen molar-refractivity contribution in [1.82, 2.24) is 0 Å². The van der Waals surface area contributed by atoms with E-state index in [9.17, 15) is 39.6 Å². The van der Waals surface area contributed by atoms with Gasteiger partial charge in [-0.3, -0.25) is 19.2 Å². The fourth-order valence-corrected chi connectivity index (χ4v) is 6.26. The molecule has 0 spiro atoms. The van der Waals surface area contributed by atoms with Crippen LogP contribution in [0, 0.1) is 0 Å². The lowest BCUT2D eigenvalue weighted by Crippen LogP contribution is -2.65. The van der Waals surface area contributed by atoms with Crippen molar-refractivity contribution >= 4 is 23.9 Å². The lowest BCUT2D eigenvalue weighted by atomic mass is 9.97. The number of hydrogen-bond acceptors (Lipinski definition) is 15. The molecule has 15 nitrogen and oxygen atoms in total. The van der Waals surface area contributed by atoms with E-state index < -0.39 is 98.5 Å². The first kappa shape index (κ1) is 44.8. The minimum Gasteiger partial charge on any atom is -0.463 e. The van der Waals surface area contributed by atoms with Crippen molar-refractivity contribution in [3.8, 4) is 0 Å². The Kier molecular flexibility index (Phi) is 21.7. The summed E-state index contributed by atoms with van der Waals surface area (Å²) in [5.41, 5.74) is 0. The molecule has 0 aromatic carbocycles. The zero-order valence-corrected chi connectivity index (χ0v) is 30.8. The highest BCUT2D eigenvalue weighted by molar-refractivity contribution is 5.70. The van der Waals surface area contributed by atoms with Crippen molar-refractivity contribution in [3.63, 3.8) is 0 Å². The third kappa shape index (κ3) is 16.4. The van der Waals surface area contributed by atoms with Gasteiger partial charge in [0, 0.05) is 27.2 Å². The number of rotatable bonds is 24. The molecule has 2 fully saturated rings. The van der Waals surface area contributed by atoms with Crippen LogP contribution >= 0.6 is 0 Å². The van der Waals surface area contributed by atoms with Gasteiger partial charge < -0.3 is 53.6 Å². The molecule has 0 amide bonds. The summed E-state index contributed by atoms with van der Waals surface area (Å²) >= 11 is 0. The van der Waals surface area contributed by atoms with E-state index in [2.05, 4.69) is 6.92 Å². The molecule has 4 N–H and O–H groups in total. The van der Waals surface area contributed by atoms with E-state index >= 15 is 0 Å². The van der Waals surface area contributed by atoms with Crippen LogP contribution in [0.3, 0.4) is 0 Å². The molecule has 0 radical (unpaired) electrons. The summed E-state index contributed by atoms with van der Waals surface area (Å²) in [6.45, 7) is 4.24. The van der Waals surface area contributed by atoms with Gasteiger partial charge in [-0.2, -0.15) is 0 Å². The van der Waals surface area contributed by atoms with E-state index in [4.69, 9.17) is 33.2 Å². The largest absolute Gasteiger partial charge is 0.463 e. The topological polar surface area (TPSA) is 214 Å². The zero-order valence-electron chi connectivity index (χ0n) is 30.8. The van der Waals surface area contributed by atoms with Gasteiger partial charge in [0.25, 0.3) is 0 Å². The van der Waals surface area contributed by atoms with E-state index in [-0.39, 0.29) is 6.42 Å². The first-order valence-electron chi connectivity index (χ1n) is 18.7. The van der Waals surface area contributed by atoms with Crippen molar-refractivity contribution in [1.29, 1.82) is 0 Å². The molecule has 15 heteroatoms. The number of ether oxygens (including phenoxy) is 7. The van der Waals surface area contributed by atoms with Gasteiger partial charge in [0.15, 0.2) is 18.3 Å². The Balaban J connectivity index is 2.01. The standard InChI is InChI=1S/C36H62O15/c1-5-6-7-8-9-10-11-12-13-14-15-16-17-18-19-20-28(41)50-34-32(46-24(3)39)30(43)27(22-45-23(2)38)49-36(34)51-35-33(47-25(4)40)31(44)29(42)26(21-37)48-35/h26-27,29-37,42-44H,5-22H2,1-4H3. The Morgan fingerprint density at radius 3 is 1.51 bits per heavy atom. The fraction of sp³-hybridized carbons (Fsp3) is 0.889. The van der Waals surface area contributed by atoms with Crippen LogP contribution in [0.2, 0.25) is 0 Å². The highest BCUT2D eigenvalue weighted by Crippen LogP contribution is 2.32. The third-order valence-electron chi connectivity index (χ3n) is 9.02. The highest BCUT2D eigenvalue weighted by Gasteiger charge is 2.54. The molecular weight excluding hydrogens is 672 g/mol. The summed E-state index contributed by atoms with van der Waals surface area (Å²) in [4.78, 5) is 48.6. The van der Waals surface area contributed by atoms with Gasteiger partial charge in [-0.15, -0.1) is 0 Å². The summed E-state index contributed by atoms with van der Waals surface area (Å²) in [6.07, 6.45) is 1.38. The van der Waals surface area contributed by atoms with E-state index in [0.29, 0.717) is 6.42 Å². The molecule has 10 unspecified atom stereocenters. The average Bonchev–Trinajstić information content (AvgIpc) is 3.07. The van der Waals surface area contributed by atoms with Crippen molar-refractivity contribution in [2.24, 2.45) is 0 Å². The van der Waals surface area contributed by atoms with Gasteiger partial charge in [0.2, 0.25) is 12.6 Å². The number of carbonyl (C=O) groups excluding carboxylic acids is 4. The molecule has 2 heterocycles. The molecule has 10 atom stereocenters. The van der Waals surface area contributed by atoms with Crippen LogP contribution in [0.15, 0.2) is 0 Å². The molecule has 296 valence electrons. The second kappa shape index (κ2) is 24.8. The molecule has 0 aromatic rings. The molecule has 2 aliphatic rings. The molecule has 0 saturated carbocycles. The number of carbonyl (C=O) groups is 4. The number of aliphatic hydroxyl groups excluding tert-OH is 4. The van der Waals surface area contributed by atoms with Crippen molar-refractivity contribution in [2.45, 2.75) is 192 Å². The maximum Gasteiger partial charge on any atom is 0.306 e. The summed E-state index contributed by atoms with van der Waals surface area (Å²) in [7, 11) is 0. The van der Waals surface area contributed by atoms with Gasteiger partial charge in [0.05, 0.1) is 6.61 Å². The summed E-state index contributed by atoms with van der Waals surface area (Å²) in [5, 5.41) is 41.9. The normalized spacial score (nSPS) is 29.3. The van der Waals surface area contributed by atoms with E-state index in [1.807, 2.05) is 0 Å².